The minimum atomic E-state index is -1.08. The Morgan fingerprint density at radius 1 is 1.41 bits per heavy atom. The number of rotatable bonds is 5. The van der Waals surface area contributed by atoms with Crippen molar-refractivity contribution in [3.05, 3.63) is 23.9 Å². The molecular formula is C14H17N3O4S. The number of carbonyl (C=O) groups is 3. The van der Waals surface area contributed by atoms with Crippen molar-refractivity contribution in [1.82, 2.24) is 15.6 Å². The van der Waals surface area contributed by atoms with E-state index in [1.807, 2.05) is 0 Å². The summed E-state index contributed by atoms with van der Waals surface area (Å²) >= 11 is 1.31. The lowest BCUT2D eigenvalue weighted by Crippen LogP contribution is -2.45. The molecule has 0 aliphatic heterocycles. The predicted molar refractivity (Wildman–Crippen MR) is 80.6 cm³/mol. The summed E-state index contributed by atoms with van der Waals surface area (Å²) in [6.07, 6.45) is 4.13. The Hall–Kier alpha value is -2.09. The summed E-state index contributed by atoms with van der Waals surface area (Å²) in [5.41, 5.74) is 0.289. The van der Waals surface area contributed by atoms with Crippen LogP contribution in [0.5, 0.6) is 0 Å². The molecule has 3 amide bonds. The Morgan fingerprint density at radius 2 is 2.14 bits per heavy atom. The van der Waals surface area contributed by atoms with E-state index in [1.165, 1.54) is 18.7 Å². The summed E-state index contributed by atoms with van der Waals surface area (Å²) in [7, 11) is 0. The van der Waals surface area contributed by atoms with Crippen molar-refractivity contribution >= 4 is 29.7 Å². The number of amides is 3. The first-order valence-corrected chi connectivity index (χ1v) is 8.05. The maximum absolute atomic E-state index is 12.1. The molecule has 22 heavy (non-hydrogen) atoms. The fraction of sp³-hybridized carbons (Fsp3) is 0.429. The number of urea groups is 1. The second-order valence-corrected chi connectivity index (χ2v) is 5.64. The zero-order valence-corrected chi connectivity index (χ0v) is 13.1. The second kappa shape index (κ2) is 7.26. The van der Waals surface area contributed by atoms with E-state index in [0.717, 1.165) is 12.8 Å². The molecule has 1 aliphatic carbocycles. The van der Waals surface area contributed by atoms with Gasteiger partial charge in [-0.15, -0.1) is 11.8 Å². The molecule has 7 nitrogen and oxygen atoms in total. The van der Waals surface area contributed by atoms with Crippen LogP contribution in [0.1, 0.15) is 30.1 Å². The fourth-order valence-corrected chi connectivity index (χ4v) is 2.19. The molecule has 0 saturated heterocycles. The van der Waals surface area contributed by atoms with Gasteiger partial charge in [-0.05, 0) is 38.2 Å². The normalized spacial score (nSPS) is 14.8. The number of esters is 1. The highest BCUT2D eigenvalue weighted by Crippen LogP contribution is 2.19. The van der Waals surface area contributed by atoms with Gasteiger partial charge >= 0.3 is 12.0 Å². The Labute approximate surface area is 132 Å². The molecule has 1 aromatic heterocycles. The number of nitrogens with one attached hydrogen (secondary N) is 2. The van der Waals surface area contributed by atoms with E-state index in [-0.39, 0.29) is 11.6 Å². The Morgan fingerprint density at radius 3 is 2.77 bits per heavy atom. The number of nitrogens with zero attached hydrogens (tertiary/aromatic N) is 1. The minimum Gasteiger partial charge on any atom is -0.449 e. The van der Waals surface area contributed by atoms with Gasteiger partial charge < -0.3 is 10.1 Å². The molecule has 118 valence electrons. The molecule has 1 saturated carbocycles. The van der Waals surface area contributed by atoms with Crippen molar-refractivity contribution in [2.45, 2.75) is 36.9 Å². The Kier molecular flexibility index (Phi) is 5.37. The fourth-order valence-electron chi connectivity index (χ4n) is 1.65. The van der Waals surface area contributed by atoms with E-state index in [9.17, 15) is 14.4 Å². The van der Waals surface area contributed by atoms with Gasteiger partial charge in [0.1, 0.15) is 5.03 Å². The van der Waals surface area contributed by atoms with Gasteiger partial charge in [0, 0.05) is 12.2 Å². The maximum Gasteiger partial charge on any atom is 0.341 e. The van der Waals surface area contributed by atoms with Crippen molar-refractivity contribution in [3.8, 4) is 0 Å². The summed E-state index contributed by atoms with van der Waals surface area (Å²) in [5, 5.41) is 5.29. The van der Waals surface area contributed by atoms with Crippen LogP contribution in [0, 0.1) is 0 Å². The van der Waals surface area contributed by atoms with Crippen molar-refractivity contribution in [1.29, 1.82) is 0 Å². The minimum absolute atomic E-state index is 0.144. The molecule has 2 N–H and O–H groups in total. The molecule has 0 radical (unpaired) electrons. The molecule has 1 aromatic rings. The SMILES string of the molecule is CSc1ncccc1C(=O)OC(C)C(=O)NC(=O)NC1CC1. The Balaban J connectivity index is 1.89. The summed E-state index contributed by atoms with van der Waals surface area (Å²) in [5.74, 6) is -1.32. The van der Waals surface area contributed by atoms with Crippen LogP contribution in [0.4, 0.5) is 4.79 Å². The third-order valence-electron chi connectivity index (χ3n) is 2.99. The van der Waals surface area contributed by atoms with Crippen LogP contribution >= 0.6 is 11.8 Å². The zero-order chi connectivity index (χ0) is 16.1. The average Bonchev–Trinajstić information content (AvgIpc) is 3.30. The number of imide groups is 1. The predicted octanol–water partition coefficient (Wildman–Crippen LogP) is 1.34. The first kappa shape index (κ1) is 16.3. The highest BCUT2D eigenvalue weighted by Gasteiger charge is 2.26. The van der Waals surface area contributed by atoms with Gasteiger partial charge in [0.15, 0.2) is 6.10 Å². The highest BCUT2D eigenvalue weighted by atomic mass is 32.2. The molecule has 1 heterocycles. The number of ether oxygens (including phenoxy) is 1. The highest BCUT2D eigenvalue weighted by molar-refractivity contribution is 7.98. The second-order valence-electron chi connectivity index (χ2n) is 4.84. The van der Waals surface area contributed by atoms with E-state index >= 15 is 0 Å². The molecule has 1 unspecified atom stereocenters. The van der Waals surface area contributed by atoms with Crippen molar-refractivity contribution in [2.24, 2.45) is 0 Å². The largest absolute Gasteiger partial charge is 0.449 e. The lowest BCUT2D eigenvalue weighted by atomic mass is 10.3. The Bertz CT molecular complexity index is 589. The van der Waals surface area contributed by atoms with Crippen LogP contribution in [-0.4, -0.2) is 41.3 Å². The molecule has 1 fully saturated rings. The quantitative estimate of drug-likeness (QED) is 0.627. The van der Waals surface area contributed by atoms with E-state index in [2.05, 4.69) is 15.6 Å². The smallest absolute Gasteiger partial charge is 0.341 e. The molecule has 1 aliphatic rings. The van der Waals surface area contributed by atoms with Crippen molar-refractivity contribution in [2.75, 3.05) is 6.26 Å². The molecule has 1 atom stereocenters. The number of hydrogen-bond donors (Lipinski definition) is 2. The van der Waals surface area contributed by atoms with E-state index in [1.54, 1.807) is 24.6 Å². The van der Waals surface area contributed by atoms with Gasteiger partial charge in [-0.2, -0.15) is 0 Å². The number of pyridine rings is 1. The van der Waals surface area contributed by atoms with E-state index < -0.39 is 24.0 Å². The third kappa shape index (κ3) is 4.45. The van der Waals surface area contributed by atoms with Crippen LogP contribution < -0.4 is 10.6 Å². The maximum atomic E-state index is 12.1. The first-order valence-electron chi connectivity index (χ1n) is 6.82. The van der Waals surface area contributed by atoms with Crippen LogP contribution in [-0.2, 0) is 9.53 Å². The standard InChI is InChI=1S/C14H17N3O4S/c1-8(11(18)17-14(20)16-9-5-6-9)21-13(19)10-4-3-7-15-12(10)22-2/h3-4,7-9H,5-6H2,1-2H3,(H2,16,17,18,20). The van der Waals surface area contributed by atoms with Crippen LogP contribution in [0.15, 0.2) is 23.4 Å². The molecule has 0 spiro atoms. The molecular weight excluding hydrogens is 306 g/mol. The monoisotopic (exact) mass is 323 g/mol. The van der Waals surface area contributed by atoms with Gasteiger partial charge in [-0.25, -0.2) is 14.6 Å². The van der Waals surface area contributed by atoms with Gasteiger partial charge in [0.25, 0.3) is 5.91 Å². The number of hydrogen-bond acceptors (Lipinski definition) is 6. The topological polar surface area (TPSA) is 97.4 Å². The molecule has 8 heteroatoms. The van der Waals surface area contributed by atoms with Gasteiger partial charge in [0.2, 0.25) is 0 Å². The zero-order valence-electron chi connectivity index (χ0n) is 12.3. The van der Waals surface area contributed by atoms with Crippen molar-refractivity contribution in [3.63, 3.8) is 0 Å². The molecule has 0 bridgehead atoms. The summed E-state index contributed by atoms with van der Waals surface area (Å²) in [6, 6.07) is 2.77. The average molecular weight is 323 g/mol. The van der Waals surface area contributed by atoms with E-state index in [0.29, 0.717) is 5.03 Å². The summed E-state index contributed by atoms with van der Waals surface area (Å²) in [6.45, 7) is 1.41. The van der Waals surface area contributed by atoms with Gasteiger partial charge in [0.05, 0.1) is 5.56 Å². The van der Waals surface area contributed by atoms with Crippen LogP contribution in [0.25, 0.3) is 0 Å². The lowest BCUT2D eigenvalue weighted by molar-refractivity contribution is -0.127. The van der Waals surface area contributed by atoms with Gasteiger partial charge in [-0.1, -0.05) is 0 Å². The van der Waals surface area contributed by atoms with Gasteiger partial charge in [-0.3, -0.25) is 10.1 Å². The van der Waals surface area contributed by atoms with Crippen LogP contribution in [0.3, 0.4) is 0 Å². The molecule has 0 aromatic carbocycles. The third-order valence-corrected chi connectivity index (χ3v) is 3.70. The number of carbonyl (C=O) groups excluding carboxylic acids is 3. The van der Waals surface area contributed by atoms with Crippen LogP contribution in [0.2, 0.25) is 0 Å². The lowest BCUT2D eigenvalue weighted by Gasteiger charge is -2.14. The van der Waals surface area contributed by atoms with Crippen molar-refractivity contribution < 1.29 is 19.1 Å². The number of aromatic nitrogens is 1. The summed E-state index contributed by atoms with van der Waals surface area (Å²) < 4.78 is 5.08. The van der Waals surface area contributed by atoms with E-state index in [4.69, 9.17) is 4.74 Å². The molecule has 2 rings (SSSR count). The first-order chi connectivity index (χ1) is 10.5. The summed E-state index contributed by atoms with van der Waals surface area (Å²) in [4.78, 5) is 39.4. The number of thioether (sulfide) groups is 1.